The highest BCUT2D eigenvalue weighted by Gasteiger charge is 2.34. The lowest BCUT2D eigenvalue weighted by molar-refractivity contribution is -0.139. The third-order valence-corrected chi connectivity index (χ3v) is 4.54. The predicted octanol–water partition coefficient (Wildman–Crippen LogP) is 2.83. The monoisotopic (exact) mass is 310 g/mol. The van der Waals surface area contributed by atoms with Crippen molar-refractivity contribution in [2.75, 3.05) is 25.0 Å². The molecule has 0 bridgehead atoms. The van der Waals surface area contributed by atoms with Crippen LogP contribution in [0.15, 0.2) is 12.5 Å². The van der Waals surface area contributed by atoms with E-state index in [4.69, 9.17) is 11.6 Å². The summed E-state index contributed by atoms with van der Waals surface area (Å²) in [6, 6.07) is 0. The molecular formula is C15H23ClN4O. The van der Waals surface area contributed by atoms with Crippen molar-refractivity contribution in [2.24, 2.45) is 11.3 Å². The Hall–Kier alpha value is -1.36. The van der Waals surface area contributed by atoms with Crippen molar-refractivity contribution in [3.63, 3.8) is 0 Å². The van der Waals surface area contributed by atoms with Crippen LogP contribution in [-0.4, -0.2) is 40.4 Å². The zero-order valence-corrected chi connectivity index (χ0v) is 13.7. The highest BCUT2D eigenvalue weighted by Crippen LogP contribution is 2.27. The molecule has 1 aliphatic heterocycles. The molecule has 0 aromatic carbocycles. The van der Waals surface area contributed by atoms with E-state index in [1.165, 1.54) is 6.33 Å². The van der Waals surface area contributed by atoms with Crippen molar-refractivity contribution in [1.29, 1.82) is 0 Å². The van der Waals surface area contributed by atoms with Crippen molar-refractivity contribution in [3.05, 3.63) is 17.5 Å². The molecule has 1 N–H and O–H groups in total. The van der Waals surface area contributed by atoms with E-state index in [-0.39, 0.29) is 11.3 Å². The van der Waals surface area contributed by atoms with Gasteiger partial charge in [-0.25, -0.2) is 9.97 Å². The van der Waals surface area contributed by atoms with Crippen molar-refractivity contribution in [2.45, 2.75) is 33.6 Å². The van der Waals surface area contributed by atoms with Crippen LogP contribution >= 0.6 is 11.6 Å². The molecule has 1 aromatic rings. The van der Waals surface area contributed by atoms with Crippen LogP contribution in [0.3, 0.4) is 0 Å². The van der Waals surface area contributed by atoms with Crippen molar-refractivity contribution in [3.8, 4) is 0 Å². The summed E-state index contributed by atoms with van der Waals surface area (Å²) in [5.74, 6) is 1.35. The number of halogens is 1. The fourth-order valence-corrected chi connectivity index (χ4v) is 2.62. The summed E-state index contributed by atoms with van der Waals surface area (Å²) < 4.78 is 0. The van der Waals surface area contributed by atoms with Gasteiger partial charge in [-0.3, -0.25) is 4.79 Å². The number of carbonyl (C=O) groups is 1. The van der Waals surface area contributed by atoms with Crippen LogP contribution in [0, 0.1) is 11.3 Å². The Kier molecular flexibility index (Phi) is 5.04. The normalized spacial score (nSPS) is 18.9. The summed E-state index contributed by atoms with van der Waals surface area (Å²) >= 11 is 6.02. The first-order valence-corrected chi connectivity index (χ1v) is 7.80. The third kappa shape index (κ3) is 3.84. The first-order chi connectivity index (χ1) is 9.94. The minimum Gasteiger partial charge on any atom is -0.368 e. The summed E-state index contributed by atoms with van der Waals surface area (Å²) in [7, 11) is 0. The number of likely N-dealkylation sites (tertiary alicyclic amines) is 1. The molecule has 116 valence electrons. The van der Waals surface area contributed by atoms with E-state index in [0.717, 1.165) is 32.5 Å². The number of hydrogen-bond donors (Lipinski definition) is 1. The lowest BCUT2D eigenvalue weighted by atomic mass is 9.88. The topological polar surface area (TPSA) is 58.1 Å². The van der Waals surface area contributed by atoms with Crippen LogP contribution < -0.4 is 5.32 Å². The molecule has 21 heavy (non-hydrogen) atoms. The van der Waals surface area contributed by atoms with Gasteiger partial charge < -0.3 is 10.2 Å². The number of aromatic nitrogens is 2. The summed E-state index contributed by atoms with van der Waals surface area (Å²) in [6.45, 7) is 8.50. The van der Waals surface area contributed by atoms with E-state index < -0.39 is 0 Å². The molecule has 2 heterocycles. The average Bonchev–Trinajstić information content (AvgIpc) is 2.94. The Morgan fingerprint density at radius 3 is 3.00 bits per heavy atom. The second kappa shape index (κ2) is 6.60. The minimum absolute atomic E-state index is 0.257. The second-order valence-electron chi connectivity index (χ2n) is 6.24. The highest BCUT2D eigenvalue weighted by molar-refractivity contribution is 6.32. The molecule has 2 rings (SSSR count). The maximum atomic E-state index is 12.4. The zero-order valence-electron chi connectivity index (χ0n) is 12.9. The molecule has 1 amide bonds. The van der Waals surface area contributed by atoms with Crippen LogP contribution in [0.1, 0.15) is 33.6 Å². The Bertz CT molecular complexity index is 506. The Labute approximate surface area is 131 Å². The zero-order chi connectivity index (χ0) is 15.5. The van der Waals surface area contributed by atoms with Gasteiger partial charge in [0, 0.05) is 25.0 Å². The molecule has 1 unspecified atom stereocenters. The van der Waals surface area contributed by atoms with Crippen molar-refractivity contribution in [1.82, 2.24) is 14.9 Å². The van der Waals surface area contributed by atoms with Gasteiger partial charge in [0.2, 0.25) is 5.91 Å². The van der Waals surface area contributed by atoms with E-state index in [1.807, 2.05) is 18.7 Å². The summed E-state index contributed by atoms with van der Waals surface area (Å²) in [4.78, 5) is 22.4. The minimum atomic E-state index is -0.266. The van der Waals surface area contributed by atoms with Crippen LogP contribution in [0.5, 0.6) is 0 Å². The molecule has 1 fully saturated rings. The molecule has 0 radical (unpaired) electrons. The molecule has 1 saturated heterocycles. The van der Waals surface area contributed by atoms with Crippen LogP contribution in [0.4, 0.5) is 5.82 Å². The predicted molar refractivity (Wildman–Crippen MR) is 84.3 cm³/mol. The lowest BCUT2D eigenvalue weighted by Gasteiger charge is -2.28. The van der Waals surface area contributed by atoms with Gasteiger partial charge in [0.1, 0.15) is 17.2 Å². The van der Waals surface area contributed by atoms with E-state index in [9.17, 15) is 4.79 Å². The van der Waals surface area contributed by atoms with Gasteiger partial charge in [0.05, 0.1) is 6.20 Å². The Balaban J connectivity index is 1.86. The van der Waals surface area contributed by atoms with Gasteiger partial charge in [-0.1, -0.05) is 32.4 Å². The summed E-state index contributed by atoms with van der Waals surface area (Å²) in [5, 5.41) is 3.77. The standard InChI is InChI=1S/C15H23ClN4O/c1-4-15(2,3)14(21)20-6-5-11(9-20)7-18-13-12(16)8-17-10-19-13/h8,10-11H,4-7,9H2,1-3H3,(H,17,18,19). The van der Waals surface area contributed by atoms with Gasteiger partial charge in [0.25, 0.3) is 0 Å². The Morgan fingerprint density at radius 2 is 2.33 bits per heavy atom. The van der Waals surface area contributed by atoms with Crippen LogP contribution in [0.2, 0.25) is 5.02 Å². The number of carbonyl (C=O) groups excluding carboxylic acids is 1. The van der Waals surface area contributed by atoms with Crippen LogP contribution in [0.25, 0.3) is 0 Å². The molecule has 0 saturated carbocycles. The SMILES string of the molecule is CCC(C)(C)C(=O)N1CCC(CNc2ncncc2Cl)C1. The van der Waals surface area contributed by atoms with Crippen molar-refractivity contribution >= 4 is 23.3 Å². The summed E-state index contributed by atoms with van der Waals surface area (Å²) in [5.41, 5.74) is -0.266. The fourth-order valence-electron chi connectivity index (χ4n) is 2.45. The number of nitrogens with zero attached hydrogens (tertiary/aromatic N) is 3. The molecule has 0 spiro atoms. The van der Waals surface area contributed by atoms with Gasteiger partial charge in [0.15, 0.2) is 0 Å². The van der Waals surface area contributed by atoms with E-state index in [1.54, 1.807) is 6.20 Å². The average molecular weight is 311 g/mol. The largest absolute Gasteiger partial charge is 0.368 e. The van der Waals surface area contributed by atoms with Crippen molar-refractivity contribution < 1.29 is 4.79 Å². The molecular weight excluding hydrogens is 288 g/mol. The maximum absolute atomic E-state index is 12.4. The van der Waals surface area contributed by atoms with Gasteiger partial charge >= 0.3 is 0 Å². The second-order valence-corrected chi connectivity index (χ2v) is 6.65. The molecule has 5 nitrogen and oxygen atoms in total. The molecule has 1 aromatic heterocycles. The van der Waals surface area contributed by atoms with E-state index in [2.05, 4.69) is 22.2 Å². The van der Waals surface area contributed by atoms with Gasteiger partial charge in [-0.15, -0.1) is 0 Å². The summed E-state index contributed by atoms with van der Waals surface area (Å²) in [6.07, 6.45) is 4.93. The van der Waals surface area contributed by atoms with Gasteiger partial charge in [-0.05, 0) is 18.8 Å². The molecule has 6 heteroatoms. The number of anilines is 1. The first-order valence-electron chi connectivity index (χ1n) is 7.43. The maximum Gasteiger partial charge on any atom is 0.228 e. The van der Waals surface area contributed by atoms with Gasteiger partial charge in [-0.2, -0.15) is 0 Å². The number of hydrogen-bond acceptors (Lipinski definition) is 4. The fraction of sp³-hybridized carbons (Fsp3) is 0.667. The number of amides is 1. The molecule has 0 aliphatic carbocycles. The lowest BCUT2D eigenvalue weighted by Crippen LogP contribution is -2.39. The quantitative estimate of drug-likeness (QED) is 0.908. The number of rotatable bonds is 5. The number of nitrogens with one attached hydrogen (secondary N) is 1. The van der Waals surface area contributed by atoms with E-state index >= 15 is 0 Å². The van der Waals surface area contributed by atoms with Crippen LogP contribution in [-0.2, 0) is 4.79 Å². The first kappa shape index (κ1) is 16.0. The third-order valence-electron chi connectivity index (χ3n) is 4.26. The smallest absolute Gasteiger partial charge is 0.228 e. The molecule has 1 atom stereocenters. The molecule has 1 aliphatic rings. The Morgan fingerprint density at radius 1 is 1.57 bits per heavy atom. The van der Waals surface area contributed by atoms with E-state index in [0.29, 0.717) is 16.8 Å². The highest BCUT2D eigenvalue weighted by atomic mass is 35.5.